The molecule has 1 fully saturated rings. The van der Waals surface area contributed by atoms with Crippen LogP contribution in [-0.2, 0) is 4.79 Å². The topological polar surface area (TPSA) is 41.6 Å². The molecule has 4 nitrogen and oxygen atoms in total. The average molecular weight is 327 g/mol. The summed E-state index contributed by atoms with van der Waals surface area (Å²) < 4.78 is 5.60. The van der Waals surface area contributed by atoms with Crippen LogP contribution in [0.5, 0.6) is 5.75 Å². The lowest BCUT2D eigenvalue weighted by molar-refractivity contribution is -0.134. The van der Waals surface area contributed by atoms with Crippen LogP contribution in [0.3, 0.4) is 0 Å². The van der Waals surface area contributed by atoms with E-state index in [2.05, 4.69) is 31.3 Å². The molecule has 0 bridgehead atoms. The first-order valence-electron chi connectivity index (χ1n) is 7.78. The van der Waals surface area contributed by atoms with Gasteiger partial charge in [0, 0.05) is 19.1 Å². The molecule has 124 valence electrons. The van der Waals surface area contributed by atoms with E-state index in [0.717, 1.165) is 31.7 Å². The highest BCUT2D eigenvalue weighted by Gasteiger charge is 2.21. The van der Waals surface area contributed by atoms with Crippen LogP contribution in [0.1, 0.15) is 38.2 Å². The Balaban J connectivity index is 0.00000242. The van der Waals surface area contributed by atoms with E-state index in [4.69, 9.17) is 4.74 Å². The summed E-state index contributed by atoms with van der Waals surface area (Å²) in [4.78, 5) is 14.0. The summed E-state index contributed by atoms with van der Waals surface area (Å²) in [7, 11) is 1.98. The van der Waals surface area contributed by atoms with E-state index >= 15 is 0 Å². The number of nitrogens with zero attached hydrogens (tertiary/aromatic N) is 1. The van der Waals surface area contributed by atoms with Crippen molar-refractivity contribution < 1.29 is 9.53 Å². The number of piperidine rings is 1. The second-order valence-corrected chi connectivity index (χ2v) is 5.96. The maximum Gasteiger partial charge on any atom is 0.260 e. The lowest BCUT2D eigenvalue weighted by atomic mass is 10.0. The fraction of sp³-hybridized carbons (Fsp3) is 0.588. The van der Waals surface area contributed by atoms with E-state index in [1.165, 1.54) is 5.56 Å². The average Bonchev–Trinajstić information content (AvgIpc) is 2.53. The van der Waals surface area contributed by atoms with Crippen molar-refractivity contribution in [3.05, 3.63) is 29.8 Å². The Kier molecular flexibility index (Phi) is 7.69. The van der Waals surface area contributed by atoms with E-state index in [1.54, 1.807) is 0 Å². The smallest absolute Gasteiger partial charge is 0.260 e. The van der Waals surface area contributed by atoms with Crippen molar-refractivity contribution in [1.29, 1.82) is 0 Å². The molecule has 1 aromatic rings. The van der Waals surface area contributed by atoms with Gasteiger partial charge in [0.25, 0.3) is 5.91 Å². The van der Waals surface area contributed by atoms with Gasteiger partial charge in [0.1, 0.15) is 5.75 Å². The van der Waals surface area contributed by atoms with Crippen LogP contribution in [-0.4, -0.2) is 43.6 Å². The molecule has 0 spiro atoms. The van der Waals surface area contributed by atoms with Crippen molar-refractivity contribution in [3.63, 3.8) is 0 Å². The van der Waals surface area contributed by atoms with Crippen LogP contribution < -0.4 is 10.1 Å². The third kappa shape index (κ3) is 5.18. The van der Waals surface area contributed by atoms with Crippen molar-refractivity contribution in [2.75, 3.05) is 26.7 Å². The van der Waals surface area contributed by atoms with Gasteiger partial charge < -0.3 is 15.0 Å². The molecule has 1 amide bonds. The minimum absolute atomic E-state index is 0. The molecule has 0 aliphatic carbocycles. The summed E-state index contributed by atoms with van der Waals surface area (Å²) in [5, 5.41) is 3.27. The number of benzene rings is 1. The maximum absolute atomic E-state index is 12.1. The zero-order valence-corrected chi connectivity index (χ0v) is 14.5. The minimum Gasteiger partial charge on any atom is -0.484 e. The van der Waals surface area contributed by atoms with Crippen molar-refractivity contribution >= 4 is 18.3 Å². The van der Waals surface area contributed by atoms with Gasteiger partial charge in [-0.1, -0.05) is 26.0 Å². The first-order valence-corrected chi connectivity index (χ1v) is 7.78. The molecule has 0 unspecified atom stereocenters. The summed E-state index contributed by atoms with van der Waals surface area (Å²) >= 11 is 0. The third-order valence-electron chi connectivity index (χ3n) is 4.16. The quantitative estimate of drug-likeness (QED) is 0.904. The number of likely N-dealkylation sites (tertiary alicyclic amines) is 1. The van der Waals surface area contributed by atoms with Gasteiger partial charge in [0.15, 0.2) is 6.61 Å². The Labute approximate surface area is 139 Å². The molecule has 1 heterocycles. The predicted molar refractivity (Wildman–Crippen MR) is 91.9 cm³/mol. The third-order valence-corrected chi connectivity index (χ3v) is 4.16. The standard InChI is InChI=1S/C17H26N2O2.ClH/c1-13(2)14-4-6-16(7-5-14)21-12-17(20)19-10-8-15(18-3)9-11-19;/h4-7,13,15,18H,8-12H2,1-3H3;1H. The second kappa shape index (κ2) is 9.01. The van der Waals surface area contributed by atoms with Gasteiger partial charge in [-0.15, -0.1) is 12.4 Å². The summed E-state index contributed by atoms with van der Waals surface area (Å²) in [5.74, 6) is 1.35. The van der Waals surface area contributed by atoms with E-state index in [1.807, 2.05) is 24.1 Å². The lowest BCUT2D eigenvalue weighted by Crippen LogP contribution is -2.45. The van der Waals surface area contributed by atoms with Gasteiger partial charge in [-0.25, -0.2) is 0 Å². The molecule has 5 heteroatoms. The van der Waals surface area contributed by atoms with Crippen molar-refractivity contribution in [3.8, 4) is 5.75 Å². The zero-order chi connectivity index (χ0) is 15.2. The minimum atomic E-state index is 0. The molecule has 1 N–H and O–H groups in total. The normalized spacial score (nSPS) is 15.5. The predicted octanol–water partition coefficient (Wildman–Crippen LogP) is 2.82. The molecule has 2 rings (SSSR count). The first kappa shape index (κ1) is 18.8. The summed E-state index contributed by atoms with van der Waals surface area (Å²) in [5.41, 5.74) is 1.28. The van der Waals surface area contributed by atoms with Crippen LogP contribution >= 0.6 is 12.4 Å². The van der Waals surface area contributed by atoms with E-state index < -0.39 is 0 Å². The van der Waals surface area contributed by atoms with Gasteiger partial charge in [-0.3, -0.25) is 4.79 Å². The van der Waals surface area contributed by atoms with Gasteiger partial charge in [-0.2, -0.15) is 0 Å². The molecule has 0 aromatic heterocycles. The number of hydrogen-bond acceptors (Lipinski definition) is 3. The number of halogens is 1. The Morgan fingerprint density at radius 1 is 1.27 bits per heavy atom. The highest BCUT2D eigenvalue weighted by atomic mass is 35.5. The highest BCUT2D eigenvalue weighted by Crippen LogP contribution is 2.18. The second-order valence-electron chi connectivity index (χ2n) is 5.96. The molecule has 0 radical (unpaired) electrons. The maximum atomic E-state index is 12.1. The SMILES string of the molecule is CNC1CCN(C(=O)COc2ccc(C(C)C)cc2)CC1.Cl. The fourth-order valence-corrected chi connectivity index (χ4v) is 2.60. The van der Waals surface area contributed by atoms with Gasteiger partial charge in [0.05, 0.1) is 0 Å². The molecule has 1 aromatic carbocycles. The monoisotopic (exact) mass is 326 g/mol. The Bertz CT molecular complexity index is 454. The van der Waals surface area contributed by atoms with E-state index in [0.29, 0.717) is 12.0 Å². The van der Waals surface area contributed by atoms with Gasteiger partial charge >= 0.3 is 0 Å². The zero-order valence-electron chi connectivity index (χ0n) is 13.7. The summed E-state index contributed by atoms with van der Waals surface area (Å²) in [6.07, 6.45) is 2.04. The van der Waals surface area contributed by atoms with Crippen molar-refractivity contribution in [2.24, 2.45) is 0 Å². The molecule has 0 atom stereocenters. The van der Waals surface area contributed by atoms with Crippen LogP contribution in [0.25, 0.3) is 0 Å². The van der Waals surface area contributed by atoms with Crippen molar-refractivity contribution in [1.82, 2.24) is 10.2 Å². The van der Waals surface area contributed by atoms with Crippen LogP contribution in [0.4, 0.5) is 0 Å². The largest absolute Gasteiger partial charge is 0.484 e. The summed E-state index contributed by atoms with van der Waals surface area (Å²) in [6, 6.07) is 8.54. The molecule has 0 saturated carbocycles. The highest BCUT2D eigenvalue weighted by molar-refractivity contribution is 5.85. The molecule has 1 saturated heterocycles. The van der Waals surface area contributed by atoms with Crippen LogP contribution in [0, 0.1) is 0 Å². The number of carbonyl (C=O) groups is 1. The molecule has 1 aliphatic rings. The van der Waals surface area contributed by atoms with Crippen molar-refractivity contribution in [2.45, 2.75) is 38.6 Å². The van der Waals surface area contributed by atoms with Gasteiger partial charge in [-0.05, 0) is 43.5 Å². The molecular formula is C17H27ClN2O2. The molecule has 1 aliphatic heterocycles. The number of carbonyl (C=O) groups excluding carboxylic acids is 1. The fourth-order valence-electron chi connectivity index (χ4n) is 2.60. The number of hydrogen-bond donors (Lipinski definition) is 1. The number of amides is 1. The van der Waals surface area contributed by atoms with E-state index in [-0.39, 0.29) is 24.9 Å². The van der Waals surface area contributed by atoms with E-state index in [9.17, 15) is 4.79 Å². The Hall–Kier alpha value is -1.26. The molecule has 22 heavy (non-hydrogen) atoms. The lowest BCUT2D eigenvalue weighted by Gasteiger charge is -2.31. The van der Waals surface area contributed by atoms with Gasteiger partial charge in [0.2, 0.25) is 0 Å². The number of nitrogens with one attached hydrogen (secondary N) is 1. The Morgan fingerprint density at radius 2 is 1.86 bits per heavy atom. The summed E-state index contributed by atoms with van der Waals surface area (Å²) in [6.45, 7) is 6.09. The van der Waals surface area contributed by atoms with Crippen LogP contribution in [0.2, 0.25) is 0 Å². The first-order chi connectivity index (χ1) is 10.1. The molecular weight excluding hydrogens is 300 g/mol. The number of ether oxygens (including phenoxy) is 1. The number of rotatable bonds is 5. The Morgan fingerprint density at radius 3 is 2.36 bits per heavy atom. The van der Waals surface area contributed by atoms with Crippen LogP contribution in [0.15, 0.2) is 24.3 Å².